The van der Waals surface area contributed by atoms with Crippen LogP contribution in [0.1, 0.15) is 64.6 Å². The van der Waals surface area contributed by atoms with Crippen molar-refractivity contribution in [1.29, 1.82) is 0 Å². The molecule has 1 heterocycles. The van der Waals surface area contributed by atoms with Crippen LogP contribution in [-0.2, 0) is 0 Å². The molecule has 1 N–H and O–H groups in total. The number of hydrogen-bond donors (Lipinski definition) is 1. The number of nitrogens with zero attached hydrogens (tertiary/aromatic N) is 3. The van der Waals surface area contributed by atoms with Crippen molar-refractivity contribution in [3.63, 3.8) is 0 Å². The van der Waals surface area contributed by atoms with Gasteiger partial charge in [0.1, 0.15) is 5.82 Å². The maximum Gasteiger partial charge on any atom is 0.372 e. The fourth-order valence-electron chi connectivity index (χ4n) is 2.74. The Bertz CT molecular complexity index is 548. The minimum Gasteiger partial charge on any atom is -0.476 e. The SMILES string of the molecule is COc1nc(C2CCCCC2)nc(NC(C)(C)C)c1[N+](=O)[O-]. The van der Waals surface area contributed by atoms with E-state index < -0.39 is 4.92 Å². The van der Waals surface area contributed by atoms with Crippen molar-refractivity contribution < 1.29 is 9.66 Å². The van der Waals surface area contributed by atoms with E-state index in [1.807, 2.05) is 20.8 Å². The van der Waals surface area contributed by atoms with Crippen LogP contribution in [0.25, 0.3) is 0 Å². The molecular weight excluding hydrogens is 284 g/mol. The first-order chi connectivity index (χ1) is 10.3. The molecule has 1 fully saturated rings. The summed E-state index contributed by atoms with van der Waals surface area (Å²) in [5.41, 5.74) is -0.537. The molecular formula is C15H24N4O3. The topological polar surface area (TPSA) is 90.2 Å². The molecule has 0 amide bonds. The first kappa shape index (κ1) is 16.5. The molecule has 0 bridgehead atoms. The van der Waals surface area contributed by atoms with E-state index in [2.05, 4.69) is 15.3 Å². The molecule has 0 spiro atoms. The lowest BCUT2D eigenvalue weighted by atomic mass is 9.88. The van der Waals surface area contributed by atoms with Gasteiger partial charge in [-0.15, -0.1) is 0 Å². The lowest BCUT2D eigenvalue weighted by Gasteiger charge is -2.24. The average molecular weight is 308 g/mol. The molecule has 1 aliphatic carbocycles. The summed E-state index contributed by atoms with van der Waals surface area (Å²) in [7, 11) is 1.40. The Morgan fingerprint density at radius 1 is 1.23 bits per heavy atom. The summed E-state index contributed by atoms with van der Waals surface area (Å²) in [6.45, 7) is 5.81. The average Bonchev–Trinajstić information content (AvgIpc) is 2.45. The van der Waals surface area contributed by atoms with Crippen molar-refractivity contribution in [3.8, 4) is 5.88 Å². The molecule has 22 heavy (non-hydrogen) atoms. The molecule has 1 aromatic rings. The van der Waals surface area contributed by atoms with Gasteiger partial charge in [-0.05, 0) is 33.6 Å². The molecule has 7 heteroatoms. The van der Waals surface area contributed by atoms with Gasteiger partial charge in [-0.1, -0.05) is 19.3 Å². The predicted octanol–water partition coefficient (Wildman–Crippen LogP) is 3.65. The highest BCUT2D eigenvalue weighted by Crippen LogP contribution is 2.37. The van der Waals surface area contributed by atoms with E-state index in [0.29, 0.717) is 5.82 Å². The Morgan fingerprint density at radius 2 is 1.86 bits per heavy atom. The Labute approximate surface area is 130 Å². The highest BCUT2D eigenvalue weighted by atomic mass is 16.6. The number of methoxy groups -OCH3 is 1. The highest BCUT2D eigenvalue weighted by Gasteiger charge is 2.30. The van der Waals surface area contributed by atoms with Crippen molar-refractivity contribution >= 4 is 11.5 Å². The summed E-state index contributed by atoms with van der Waals surface area (Å²) in [5.74, 6) is 1.18. The van der Waals surface area contributed by atoms with Crippen LogP contribution in [0, 0.1) is 10.1 Å². The van der Waals surface area contributed by atoms with Gasteiger partial charge in [0.25, 0.3) is 5.88 Å². The number of aromatic nitrogens is 2. The molecule has 0 saturated heterocycles. The molecule has 7 nitrogen and oxygen atoms in total. The van der Waals surface area contributed by atoms with Crippen LogP contribution in [0.3, 0.4) is 0 Å². The predicted molar refractivity (Wildman–Crippen MR) is 84.4 cm³/mol. The zero-order valence-electron chi connectivity index (χ0n) is 13.7. The quantitative estimate of drug-likeness (QED) is 0.674. The van der Waals surface area contributed by atoms with Crippen molar-refractivity contribution in [3.05, 3.63) is 15.9 Å². The molecule has 1 saturated carbocycles. The zero-order valence-corrected chi connectivity index (χ0v) is 13.7. The first-order valence-corrected chi connectivity index (χ1v) is 7.70. The standard InChI is InChI=1S/C15H24N4O3/c1-15(2,3)18-13-11(19(20)21)14(22-4)17-12(16-13)10-8-6-5-7-9-10/h10H,5-9H2,1-4H3,(H,16,17,18). The van der Waals surface area contributed by atoms with E-state index in [4.69, 9.17) is 4.74 Å². The number of anilines is 1. The summed E-state index contributed by atoms with van der Waals surface area (Å²) < 4.78 is 5.16. The van der Waals surface area contributed by atoms with Crippen LogP contribution in [0.5, 0.6) is 5.88 Å². The lowest BCUT2D eigenvalue weighted by molar-refractivity contribution is -0.385. The van der Waals surface area contributed by atoms with Gasteiger partial charge < -0.3 is 10.1 Å². The Kier molecular flexibility index (Phi) is 4.83. The van der Waals surface area contributed by atoms with Gasteiger partial charge in [0.2, 0.25) is 5.82 Å². The van der Waals surface area contributed by atoms with Gasteiger partial charge in [0.15, 0.2) is 0 Å². The summed E-state index contributed by atoms with van der Waals surface area (Å²) in [6.07, 6.45) is 5.57. The Morgan fingerprint density at radius 3 is 2.36 bits per heavy atom. The summed E-state index contributed by atoms with van der Waals surface area (Å²) >= 11 is 0. The van der Waals surface area contributed by atoms with Gasteiger partial charge in [0, 0.05) is 11.5 Å². The van der Waals surface area contributed by atoms with Crippen molar-refractivity contribution in [2.24, 2.45) is 0 Å². The van der Waals surface area contributed by atoms with Gasteiger partial charge in [-0.25, -0.2) is 4.98 Å². The zero-order chi connectivity index (χ0) is 16.3. The molecule has 0 radical (unpaired) electrons. The molecule has 0 unspecified atom stereocenters. The van der Waals surface area contributed by atoms with Crippen LogP contribution >= 0.6 is 0 Å². The minimum absolute atomic E-state index is 0.0346. The number of nitro groups is 1. The van der Waals surface area contributed by atoms with E-state index in [9.17, 15) is 10.1 Å². The smallest absolute Gasteiger partial charge is 0.372 e. The van der Waals surface area contributed by atoms with Gasteiger partial charge in [-0.3, -0.25) is 10.1 Å². The maximum absolute atomic E-state index is 11.4. The molecule has 0 aliphatic heterocycles. The van der Waals surface area contributed by atoms with Crippen LogP contribution in [0.4, 0.5) is 11.5 Å². The second-order valence-corrected chi connectivity index (χ2v) is 6.76. The summed E-state index contributed by atoms with van der Waals surface area (Å²) in [4.78, 5) is 19.7. The monoisotopic (exact) mass is 308 g/mol. The normalized spacial score (nSPS) is 16.4. The molecule has 2 rings (SSSR count). The Hall–Kier alpha value is -1.92. The van der Waals surface area contributed by atoms with E-state index in [-0.39, 0.29) is 28.8 Å². The van der Waals surface area contributed by atoms with Crippen molar-refractivity contribution in [1.82, 2.24) is 9.97 Å². The van der Waals surface area contributed by atoms with Crippen LogP contribution in [-0.4, -0.2) is 27.5 Å². The van der Waals surface area contributed by atoms with Crippen molar-refractivity contribution in [2.75, 3.05) is 12.4 Å². The molecule has 0 aromatic carbocycles. The maximum atomic E-state index is 11.4. The number of nitrogens with one attached hydrogen (secondary N) is 1. The number of rotatable bonds is 4. The first-order valence-electron chi connectivity index (χ1n) is 7.70. The third-order valence-corrected chi connectivity index (χ3v) is 3.71. The van der Waals surface area contributed by atoms with Crippen LogP contribution in [0.2, 0.25) is 0 Å². The second-order valence-electron chi connectivity index (χ2n) is 6.76. The summed E-state index contributed by atoms with van der Waals surface area (Å²) in [5, 5.41) is 14.5. The number of ether oxygens (including phenoxy) is 1. The third-order valence-electron chi connectivity index (χ3n) is 3.71. The fraction of sp³-hybridized carbons (Fsp3) is 0.733. The molecule has 0 atom stereocenters. The summed E-state index contributed by atoms with van der Waals surface area (Å²) in [6, 6.07) is 0. The molecule has 122 valence electrons. The third kappa shape index (κ3) is 3.84. The second kappa shape index (κ2) is 6.46. The van der Waals surface area contributed by atoms with Gasteiger partial charge >= 0.3 is 5.69 Å². The largest absolute Gasteiger partial charge is 0.476 e. The molecule has 1 aliphatic rings. The van der Waals surface area contributed by atoms with Gasteiger partial charge in [-0.2, -0.15) is 4.98 Å². The Balaban J connectivity index is 2.48. The van der Waals surface area contributed by atoms with E-state index in [1.165, 1.54) is 13.5 Å². The number of hydrogen-bond acceptors (Lipinski definition) is 6. The van der Waals surface area contributed by atoms with E-state index >= 15 is 0 Å². The van der Waals surface area contributed by atoms with E-state index in [1.54, 1.807) is 0 Å². The lowest BCUT2D eigenvalue weighted by Crippen LogP contribution is -2.28. The van der Waals surface area contributed by atoms with Gasteiger partial charge in [0.05, 0.1) is 12.0 Å². The molecule has 1 aromatic heterocycles. The van der Waals surface area contributed by atoms with Crippen LogP contribution in [0.15, 0.2) is 0 Å². The van der Waals surface area contributed by atoms with Crippen LogP contribution < -0.4 is 10.1 Å². The van der Waals surface area contributed by atoms with E-state index in [0.717, 1.165) is 25.7 Å². The van der Waals surface area contributed by atoms with Crippen molar-refractivity contribution in [2.45, 2.75) is 64.3 Å². The fourth-order valence-corrected chi connectivity index (χ4v) is 2.74. The minimum atomic E-state index is -0.489. The highest BCUT2D eigenvalue weighted by molar-refractivity contribution is 5.62.